The molecule has 4 nitrogen and oxygen atoms in total. The van der Waals surface area contributed by atoms with Gasteiger partial charge in [-0.2, -0.15) is 0 Å². The number of Topliss-reactive ketones (excluding diaryl/α,β-unsaturated/α-hetero) is 1. The minimum Gasteiger partial charge on any atom is -0.381 e. The number of rotatable bonds is 8. The average Bonchev–Trinajstić information content (AvgIpc) is 2.25. The Labute approximate surface area is 182 Å². The van der Waals surface area contributed by atoms with Gasteiger partial charge in [0, 0.05) is 96.1 Å². The number of ether oxygens (including phenoxy) is 1. The van der Waals surface area contributed by atoms with Crippen LogP contribution in [-0.2, 0) is 9.53 Å². The Bertz CT molecular complexity index is 267. The Hall–Kier alpha value is 2.02. The first-order valence-electron chi connectivity index (χ1n) is 5.80. The van der Waals surface area contributed by atoms with Gasteiger partial charge in [0.05, 0.1) is 11.5 Å². The minimum absolute atomic E-state index is 0. The van der Waals surface area contributed by atoms with Crippen molar-refractivity contribution in [2.24, 2.45) is 11.3 Å². The molecule has 0 aromatic rings. The van der Waals surface area contributed by atoms with Crippen LogP contribution >= 0.6 is 0 Å². The van der Waals surface area contributed by atoms with Crippen molar-refractivity contribution >= 4 is 5.78 Å². The van der Waals surface area contributed by atoms with Crippen molar-refractivity contribution in [2.75, 3.05) is 7.11 Å². The summed E-state index contributed by atoms with van der Waals surface area (Å²) in [7, 11) is 1.56. The number of methoxy groups -OCH3 is 1. The predicted molar refractivity (Wildman–Crippen MR) is 66.4 cm³/mol. The summed E-state index contributed by atoms with van der Waals surface area (Å²) in [5.74, 6) is -0.0386. The van der Waals surface area contributed by atoms with E-state index in [0.717, 1.165) is 6.42 Å². The van der Waals surface area contributed by atoms with Crippen LogP contribution < -0.4 is 0 Å². The molecule has 0 aliphatic carbocycles. The fourth-order valence-electron chi connectivity index (χ4n) is 1.52. The predicted octanol–water partition coefficient (Wildman–Crippen LogP) is 1.51. The van der Waals surface area contributed by atoms with Crippen molar-refractivity contribution in [1.82, 2.24) is 0 Å². The van der Waals surface area contributed by atoms with E-state index < -0.39 is 11.7 Å². The molecule has 6 heteroatoms. The molecule has 2 atom stereocenters. The Kier molecular flexibility index (Phi) is 17.1. The van der Waals surface area contributed by atoms with E-state index in [4.69, 9.17) is 14.9 Å². The quantitative estimate of drug-likeness (QED) is 0.372. The largest absolute Gasteiger partial charge is 0.381 e. The van der Waals surface area contributed by atoms with Crippen LogP contribution in [0.2, 0.25) is 0 Å². The van der Waals surface area contributed by atoms with Gasteiger partial charge in [0.1, 0.15) is 5.78 Å². The third-order valence-corrected chi connectivity index (χ3v) is 3.23. The fourth-order valence-corrected chi connectivity index (χ4v) is 1.52. The number of hydrogen-bond acceptors (Lipinski definition) is 4. The normalized spacial score (nSPS) is 14.1. The van der Waals surface area contributed by atoms with E-state index in [1.807, 2.05) is 6.92 Å². The van der Waals surface area contributed by atoms with E-state index in [9.17, 15) is 4.79 Å². The fraction of sp³-hybridized carbons (Fsp3) is 0.769. The third-order valence-electron chi connectivity index (χ3n) is 3.23. The van der Waals surface area contributed by atoms with E-state index >= 15 is 0 Å². The summed E-state index contributed by atoms with van der Waals surface area (Å²) in [5.41, 5.74) is -1.16. The van der Waals surface area contributed by atoms with E-state index in [1.54, 1.807) is 13.2 Å². The molecule has 106 valence electrons. The monoisotopic (exact) mass is 526 g/mol. The number of ketones is 1. The number of aliphatic hydroxyl groups excluding tert-OH is 1. The van der Waals surface area contributed by atoms with Crippen LogP contribution in [0.3, 0.4) is 0 Å². The maximum Gasteiger partial charge on any atom is 0.163 e. The Morgan fingerprint density at radius 1 is 1.37 bits per heavy atom. The van der Waals surface area contributed by atoms with Gasteiger partial charge >= 0.3 is 0 Å². The van der Waals surface area contributed by atoms with Crippen LogP contribution in [0.5, 0.6) is 0 Å². The zero-order chi connectivity index (χ0) is 13.6. The molecule has 0 unspecified atom stereocenters. The summed E-state index contributed by atoms with van der Waals surface area (Å²) in [6.45, 7) is 8.67. The van der Waals surface area contributed by atoms with Crippen LogP contribution in [0.4, 0.5) is 0 Å². The first-order valence-corrected chi connectivity index (χ1v) is 5.80. The second kappa shape index (κ2) is 12.6. The standard InChI is InChI=1S/C13H24O4.2Pr/c1-6-7-9(2)10(17-5)8-11(14)13(3,4)12(15)16;;/h6,9-10,12,15-16H,1,7-8H2,2-5H3;;/t9-,10+;;/m0../s1. The van der Waals surface area contributed by atoms with Crippen molar-refractivity contribution < 1.29 is 102 Å². The molecule has 0 aromatic heterocycles. The summed E-state index contributed by atoms with van der Waals surface area (Å²) < 4.78 is 5.28. The summed E-state index contributed by atoms with van der Waals surface area (Å²) >= 11 is 0. The van der Waals surface area contributed by atoms with E-state index in [-0.39, 0.29) is 107 Å². The molecule has 2 N–H and O–H groups in total. The third kappa shape index (κ3) is 8.90. The van der Waals surface area contributed by atoms with Gasteiger partial charge in [-0.15, -0.1) is 6.58 Å². The van der Waals surface area contributed by atoms with E-state index in [1.165, 1.54) is 13.8 Å². The molecule has 0 saturated heterocycles. The van der Waals surface area contributed by atoms with Crippen LogP contribution in [0.1, 0.15) is 33.6 Å². The Morgan fingerprint density at radius 3 is 2.16 bits per heavy atom. The molecule has 0 spiro atoms. The molecule has 0 heterocycles. The number of carbonyl (C=O) groups excluding carboxylic acids is 1. The van der Waals surface area contributed by atoms with Crippen molar-refractivity contribution in [3.63, 3.8) is 0 Å². The van der Waals surface area contributed by atoms with Gasteiger partial charge in [0.25, 0.3) is 0 Å². The second-order valence-corrected chi connectivity index (χ2v) is 5.00. The Morgan fingerprint density at radius 2 is 1.84 bits per heavy atom. The van der Waals surface area contributed by atoms with Gasteiger partial charge in [-0.3, -0.25) is 4.79 Å². The topological polar surface area (TPSA) is 66.8 Å². The molecule has 0 rings (SSSR count). The molecule has 2 radical (unpaired) electrons. The van der Waals surface area contributed by atoms with Crippen LogP contribution in [-0.4, -0.2) is 35.5 Å². The molecular formula is C13H24O4Pr2. The molecule has 0 aromatic carbocycles. The van der Waals surface area contributed by atoms with Gasteiger partial charge in [-0.25, -0.2) is 0 Å². The number of aliphatic hydroxyl groups is 2. The zero-order valence-corrected chi connectivity index (χ0v) is 19.7. The van der Waals surface area contributed by atoms with Gasteiger partial charge < -0.3 is 14.9 Å². The first-order chi connectivity index (χ1) is 7.77. The van der Waals surface area contributed by atoms with Crippen LogP contribution in [0.25, 0.3) is 0 Å². The van der Waals surface area contributed by atoms with Crippen LogP contribution in [0.15, 0.2) is 12.7 Å². The second-order valence-electron chi connectivity index (χ2n) is 5.00. The molecule has 0 aliphatic heterocycles. The summed E-state index contributed by atoms with van der Waals surface area (Å²) in [4.78, 5) is 12.0. The molecule has 0 saturated carbocycles. The van der Waals surface area contributed by atoms with Gasteiger partial charge in [-0.1, -0.05) is 13.0 Å². The number of allylic oxidation sites excluding steroid dienone is 1. The minimum atomic E-state index is -1.65. The smallest absolute Gasteiger partial charge is 0.163 e. The first kappa shape index (κ1) is 25.9. The van der Waals surface area contributed by atoms with Gasteiger partial charge in [0.2, 0.25) is 0 Å². The van der Waals surface area contributed by atoms with Crippen molar-refractivity contribution in [1.29, 1.82) is 0 Å². The molecule has 0 aliphatic rings. The van der Waals surface area contributed by atoms with Crippen LogP contribution in [0, 0.1) is 93.9 Å². The average molecular weight is 526 g/mol. The molecule has 0 bridgehead atoms. The Balaban J connectivity index is -0.00000128. The van der Waals surface area contributed by atoms with E-state index in [2.05, 4.69) is 6.58 Å². The molecular weight excluding hydrogens is 502 g/mol. The SMILES string of the molecule is C=CC[C@H](C)[C@@H](CC(=O)C(C)(C)C(O)O)OC.[Pr].[Pr]. The molecule has 0 fully saturated rings. The maximum atomic E-state index is 12.0. The van der Waals surface area contributed by atoms with Crippen molar-refractivity contribution in [3.05, 3.63) is 12.7 Å². The van der Waals surface area contributed by atoms with Gasteiger partial charge in [0.15, 0.2) is 6.29 Å². The maximum absolute atomic E-state index is 12.0. The van der Waals surface area contributed by atoms with E-state index in [0.29, 0.717) is 0 Å². The summed E-state index contributed by atoms with van der Waals surface area (Å²) in [5, 5.41) is 18.3. The zero-order valence-electron chi connectivity index (χ0n) is 12.3. The van der Waals surface area contributed by atoms with Crippen molar-refractivity contribution in [3.8, 4) is 0 Å². The number of carbonyl (C=O) groups is 1. The van der Waals surface area contributed by atoms with Gasteiger partial charge in [-0.05, 0) is 26.2 Å². The summed E-state index contributed by atoms with van der Waals surface area (Å²) in [6.07, 6.45) is 0.845. The van der Waals surface area contributed by atoms with Crippen molar-refractivity contribution in [2.45, 2.75) is 46.0 Å². The number of hydrogen-bond donors (Lipinski definition) is 2. The summed E-state index contributed by atoms with van der Waals surface area (Å²) in [6, 6.07) is 0. The molecule has 19 heavy (non-hydrogen) atoms. The molecule has 0 amide bonds.